The first kappa shape index (κ1) is 10.7. The lowest BCUT2D eigenvalue weighted by molar-refractivity contribution is -0.931. The van der Waals surface area contributed by atoms with Gasteiger partial charge in [0.2, 0.25) is 0 Å². The fourth-order valence-corrected chi connectivity index (χ4v) is 2.79. The van der Waals surface area contributed by atoms with Gasteiger partial charge in [-0.25, -0.2) is 0 Å². The molecule has 1 saturated heterocycles. The van der Waals surface area contributed by atoms with Gasteiger partial charge in [0.05, 0.1) is 18.6 Å². The van der Waals surface area contributed by atoms with E-state index in [2.05, 4.69) is 29.4 Å². The normalized spacial score (nSPS) is 25.2. The molecule has 3 rings (SSSR count). The van der Waals surface area contributed by atoms with Crippen molar-refractivity contribution < 1.29 is 4.90 Å². The maximum atomic E-state index is 4.26. The second-order valence-corrected chi connectivity index (χ2v) is 5.19. The van der Waals surface area contributed by atoms with Crippen LogP contribution >= 0.6 is 0 Å². The molecule has 0 bridgehead atoms. The van der Waals surface area contributed by atoms with Crippen molar-refractivity contribution in [3.05, 3.63) is 24.3 Å². The Morgan fingerprint density at radius 2 is 2.29 bits per heavy atom. The molecule has 1 fully saturated rings. The van der Waals surface area contributed by atoms with Crippen molar-refractivity contribution in [3.8, 4) is 0 Å². The van der Waals surface area contributed by atoms with Crippen LogP contribution in [-0.4, -0.2) is 28.1 Å². The summed E-state index contributed by atoms with van der Waals surface area (Å²) in [4.78, 5) is 1.62. The molecule has 1 aromatic carbocycles. The molecule has 1 aliphatic rings. The van der Waals surface area contributed by atoms with Gasteiger partial charge < -0.3 is 4.90 Å². The number of piperidine rings is 1. The van der Waals surface area contributed by atoms with E-state index in [4.69, 9.17) is 0 Å². The Bertz CT molecular complexity index is 505. The number of quaternary nitrogens is 1. The summed E-state index contributed by atoms with van der Waals surface area (Å²) in [6.07, 6.45) is 2.71. The van der Waals surface area contributed by atoms with Crippen LogP contribution in [0.25, 0.3) is 11.0 Å². The highest BCUT2D eigenvalue weighted by Gasteiger charge is 2.20. The number of para-hydroxylation sites is 1. The second kappa shape index (κ2) is 4.45. The van der Waals surface area contributed by atoms with Gasteiger partial charge in [0, 0.05) is 5.92 Å². The number of hydrogen-bond acceptors (Lipinski definition) is 2. The predicted octanol–water partition coefficient (Wildman–Crippen LogP) is 0.704. The Kier molecular flexibility index (Phi) is 2.81. The first-order valence-electron chi connectivity index (χ1n) is 6.45. The van der Waals surface area contributed by atoms with E-state index in [1.165, 1.54) is 25.9 Å². The highest BCUT2D eigenvalue weighted by atomic mass is 15.5. The molecule has 0 aliphatic carbocycles. The zero-order chi connectivity index (χ0) is 11.7. The number of hydrogen-bond donors (Lipinski definition) is 1. The standard InChI is InChI=1S/C13H18N4/c1-11-5-4-8-16(9-11)10-17-13-7-3-2-6-12(13)14-15-17/h2-3,6-7,11H,4-5,8-10H2,1H3/p+1/t11-/m1/s1. The number of nitrogens with zero attached hydrogens (tertiary/aromatic N) is 3. The van der Waals surface area contributed by atoms with Crippen LogP contribution in [0.2, 0.25) is 0 Å². The number of fused-ring (bicyclic) bond motifs is 1. The Morgan fingerprint density at radius 1 is 1.41 bits per heavy atom. The number of nitrogens with one attached hydrogen (secondary N) is 1. The van der Waals surface area contributed by atoms with E-state index in [1.807, 2.05) is 16.8 Å². The monoisotopic (exact) mass is 231 g/mol. The van der Waals surface area contributed by atoms with Gasteiger partial charge >= 0.3 is 0 Å². The topological polar surface area (TPSA) is 35.2 Å². The first-order valence-corrected chi connectivity index (χ1v) is 6.45. The van der Waals surface area contributed by atoms with Gasteiger partial charge in [0.25, 0.3) is 0 Å². The van der Waals surface area contributed by atoms with Crippen molar-refractivity contribution in [1.29, 1.82) is 0 Å². The van der Waals surface area contributed by atoms with E-state index in [0.29, 0.717) is 0 Å². The van der Waals surface area contributed by atoms with Gasteiger partial charge in [0.15, 0.2) is 6.67 Å². The summed E-state index contributed by atoms with van der Waals surface area (Å²) in [6, 6.07) is 8.18. The molecule has 0 spiro atoms. The van der Waals surface area contributed by atoms with Crippen LogP contribution in [0.1, 0.15) is 19.8 Å². The van der Waals surface area contributed by atoms with Crippen LogP contribution in [0.5, 0.6) is 0 Å². The van der Waals surface area contributed by atoms with Crippen LogP contribution in [-0.2, 0) is 6.67 Å². The maximum absolute atomic E-state index is 4.26. The highest BCUT2D eigenvalue weighted by Crippen LogP contribution is 2.09. The number of rotatable bonds is 2. The predicted molar refractivity (Wildman–Crippen MR) is 66.6 cm³/mol. The molecular formula is C13H19N4+. The van der Waals surface area contributed by atoms with Gasteiger partial charge in [0.1, 0.15) is 5.52 Å². The van der Waals surface area contributed by atoms with Crippen LogP contribution in [0, 0.1) is 5.92 Å². The van der Waals surface area contributed by atoms with Crippen LogP contribution in [0.4, 0.5) is 0 Å². The van der Waals surface area contributed by atoms with Crippen LogP contribution < -0.4 is 4.90 Å². The fraction of sp³-hybridized carbons (Fsp3) is 0.538. The van der Waals surface area contributed by atoms with Crippen molar-refractivity contribution in [2.45, 2.75) is 26.4 Å². The Labute approximate surface area is 101 Å². The lowest BCUT2D eigenvalue weighted by Gasteiger charge is -2.27. The van der Waals surface area contributed by atoms with Crippen molar-refractivity contribution in [2.75, 3.05) is 13.1 Å². The maximum Gasteiger partial charge on any atom is 0.175 e. The molecule has 4 heteroatoms. The summed E-state index contributed by atoms with van der Waals surface area (Å²) in [5.41, 5.74) is 2.15. The number of aromatic nitrogens is 3. The lowest BCUT2D eigenvalue weighted by Crippen LogP contribution is -3.12. The molecule has 2 aromatic rings. The summed E-state index contributed by atoms with van der Waals surface area (Å²) >= 11 is 0. The molecule has 0 saturated carbocycles. The van der Waals surface area contributed by atoms with Crippen molar-refractivity contribution >= 4 is 11.0 Å². The first-order chi connectivity index (χ1) is 8.33. The van der Waals surface area contributed by atoms with E-state index in [1.54, 1.807) is 4.90 Å². The second-order valence-electron chi connectivity index (χ2n) is 5.19. The summed E-state index contributed by atoms with van der Waals surface area (Å²) in [6.45, 7) is 5.82. The Hall–Kier alpha value is -1.42. The van der Waals surface area contributed by atoms with Gasteiger partial charge in [-0.05, 0) is 25.0 Å². The summed E-state index contributed by atoms with van der Waals surface area (Å²) in [5.74, 6) is 0.841. The molecule has 2 atom stereocenters. The van der Waals surface area contributed by atoms with E-state index in [-0.39, 0.29) is 0 Å². The van der Waals surface area contributed by atoms with E-state index >= 15 is 0 Å². The summed E-state index contributed by atoms with van der Waals surface area (Å²) in [5, 5.41) is 8.46. The van der Waals surface area contributed by atoms with Crippen molar-refractivity contribution in [3.63, 3.8) is 0 Å². The largest absolute Gasteiger partial charge is 0.316 e. The third-order valence-corrected chi connectivity index (χ3v) is 3.66. The molecule has 90 valence electrons. The minimum atomic E-state index is 0.841. The van der Waals surface area contributed by atoms with Gasteiger partial charge in [-0.15, -0.1) is 5.10 Å². The molecule has 1 aromatic heterocycles. The molecular weight excluding hydrogens is 212 g/mol. The molecule has 1 aliphatic heterocycles. The zero-order valence-corrected chi connectivity index (χ0v) is 10.3. The minimum Gasteiger partial charge on any atom is -0.316 e. The Morgan fingerprint density at radius 3 is 3.18 bits per heavy atom. The van der Waals surface area contributed by atoms with Gasteiger partial charge in [-0.3, -0.25) is 0 Å². The van der Waals surface area contributed by atoms with Crippen LogP contribution in [0.15, 0.2) is 24.3 Å². The van der Waals surface area contributed by atoms with E-state index < -0.39 is 0 Å². The third kappa shape index (κ3) is 2.17. The smallest absolute Gasteiger partial charge is 0.175 e. The summed E-state index contributed by atoms with van der Waals surface area (Å²) in [7, 11) is 0. The van der Waals surface area contributed by atoms with Gasteiger partial charge in [-0.2, -0.15) is 4.68 Å². The summed E-state index contributed by atoms with van der Waals surface area (Å²) < 4.78 is 2.04. The average Bonchev–Trinajstić information content (AvgIpc) is 2.73. The Balaban J connectivity index is 1.80. The van der Waals surface area contributed by atoms with Crippen LogP contribution in [0.3, 0.4) is 0 Å². The van der Waals surface area contributed by atoms with Crippen molar-refractivity contribution in [1.82, 2.24) is 15.0 Å². The molecule has 17 heavy (non-hydrogen) atoms. The van der Waals surface area contributed by atoms with E-state index in [9.17, 15) is 0 Å². The molecule has 1 N–H and O–H groups in total. The van der Waals surface area contributed by atoms with Crippen molar-refractivity contribution in [2.24, 2.45) is 5.92 Å². The third-order valence-electron chi connectivity index (χ3n) is 3.66. The van der Waals surface area contributed by atoms with E-state index in [0.717, 1.165) is 23.6 Å². The molecule has 4 nitrogen and oxygen atoms in total. The molecule has 1 unspecified atom stereocenters. The molecule has 2 heterocycles. The number of likely N-dealkylation sites (tertiary alicyclic amines) is 1. The molecule has 0 amide bonds. The lowest BCUT2D eigenvalue weighted by atomic mass is 10.0. The SMILES string of the molecule is C[C@@H]1CCC[NH+](Cn2nnc3ccccc32)C1. The number of benzene rings is 1. The minimum absolute atomic E-state index is 0.841. The van der Waals surface area contributed by atoms with Gasteiger partial charge in [-0.1, -0.05) is 24.3 Å². The molecule has 0 radical (unpaired) electrons. The quantitative estimate of drug-likeness (QED) is 0.826. The fourth-order valence-electron chi connectivity index (χ4n) is 2.79. The average molecular weight is 231 g/mol. The highest BCUT2D eigenvalue weighted by molar-refractivity contribution is 5.73. The zero-order valence-electron chi connectivity index (χ0n) is 10.3.